The van der Waals surface area contributed by atoms with E-state index in [1.54, 1.807) is 36.4 Å². The molecule has 0 spiro atoms. The summed E-state index contributed by atoms with van der Waals surface area (Å²) in [4.78, 5) is 29.0. The molecular weight excluding hydrogens is 530 g/mol. The van der Waals surface area contributed by atoms with E-state index >= 15 is 0 Å². The maximum Gasteiger partial charge on any atom is 0.326 e. The van der Waals surface area contributed by atoms with E-state index in [9.17, 15) is 23.5 Å². The molecular formula is C32H30F2N2O5. The molecule has 9 heteroatoms. The Kier molecular flexibility index (Phi) is 9.63. The summed E-state index contributed by atoms with van der Waals surface area (Å²) < 4.78 is 37.9. The normalized spacial score (nSPS) is 12.1. The number of hydrogen-bond donors (Lipinski definition) is 2. The van der Waals surface area contributed by atoms with E-state index in [4.69, 9.17) is 9.15 Å². The number of carboxylic acid groups (broad SMARTS) is 1. The van der Waals surface area contributed by atoms with Gasteiger partial charge in [0.25, 0.3) is 0 Å². The topological polar surface area (TPSA) is 102 Å². The summed E-state index contributed by atoms with van der Waals surface area (Å²) in [5.74, 6) is -0.463. The van der Waals surface area contributed by atoms with Crippen LogP contribution in [-0.2, 0) is 17.6 Å². The first-order valence-electron chi connectivity index (χ1n) is 13.2. The van der Waals surface area contributed by atoms with Crippen LogP contribution in [0.4, 0.5) is 8.78 Å². The second-order valence-corrected chi connectivity index (χ2v) is 9.40. The van der Waals surface area contributed by atoms with Gasteiger partial charge in [0.1, 0.15) is 29.2 Å². The van der Waals surface area contributed by atoms with E-state index < -0.39 is 17.8 Å². The van der Waals surface area contributed by atoms with Gasteiger partial charge in [0.2, 0.25) is 5.89 Å². The number of aliphatic carboxylic acids is 1. The fraction of sp³-hybridized carbons (Fsp3) is 0.219. The van der Waals surface area contributed by atoms with Crippen molar-refractivity contribution in [1.82, 2.24) is 10.3 Å². The molecule has 0 radical (unpaired) electrons. The Hall–Kier alpha value is -4.79. The summed E-state index contributed by atoms with van der Waals surface area (Å²) in [6, 6.07) is 17.3. The van der Waals surface area contributed by atoms with Crippen LogP contribution in [0, 0.1) is 18.6 Å². The van der Waals surface area contributed by atoms with Crippen LogP contribution in [0.25, 0.3) is 11.5 Å². The highest BCUT2D eigenvalue weighted by Gasteiger charge is 2.19. The van der Waals surface area contributed by atoms with Crippen molar-refractivity contribution < 1.29 is 32.6 Å². The maximum absolute atomic E-state index is 13.2. The Balaban J connectivity index is 1.32. The summed E-state index contributed by atoms with van der Waals surface area (Å²) in [5, 5.41) is 12.7. The predicted octanol–water partition coefficient (Wildman–Crippen LogP) is 6.31. The second kappa shape index (κ2) is 13.5. The van der Waals surface area contributed by atoms with Crippen molar-refractivity contribution in [1.29, 1.82) is 0 Å². The fourth-order valence-electron chi connectivity index (χ4n) is 4.12. The van der Waals surface area contributed by atoms with Crippen LogP contribution in [0.15, 0.2) is 89.0 Å². The lowest BCUT2D eigenvalue weighted by atomic mass is 10.0. The molecule has 0 fully saturated rings. The maximum atomic E-state index is 13.2. The largest absolute Gasteiger partial charge is 0.493 e. The van der Waals surface area contributed by atoms with Gasteiger partial charge in [-0.15, -0.1) is 0 Å². The first kappa shape index (κ1) is 29.2. The van der Waals surface area contributed by atoms with Crippen molar-refractivity contribution in [2.75, 3.05) is 6.61 Å². The van der Waals surface area contributed by atoms with Gasteiger partial charge in [-0.3, -0.25) is 4.79 Å². The van der Waals surface area contributed by atoms with E-state index in [1.807, 2.05) is 13.8 Å². The molecule has 0 aliphatic heterocycles. The molecule has 41 heavy (non-hydrogen) atoms. The average Bonchev–Trinajstić information content (AvgIpc) is 3.33. The van der Waals surface area contributed by atoms with E-state index in [1.165, 1.54) is 42.5 Å². The summed E-state index contributed by atoms with van der Waals surface area (Å²) in [5.41, 5.74) is 2.99. The van der Waals surface area contributed by atoms with Crippen LogP contribution in [0.1, 0.15) is 40.7 Å². The zero-order valence-corrected chi connectivity index (χ0v) is 22.7. The van der Waals surface area contributed by atoms with Crippen molar-refractivity contribution in [3.8, 4) is 17.2 Å². The third-order valence-corrected chi connectivity index (χ3v) is 6.43. The van der Waals surface area contributed by atoms with E-state index in [-0.39, 0.29) is 18.0 Å². The highest BCUT2D eigenvalue weighted by atomic mass is 19.1. The average molecular weight is 561 g/mol. The molecule has 0 saturated carbocycles. The highest BCUT2D eigenvalue weighted by Crippen LogP contribution is 2.23. The van der Waals surface area contributed by atoms with E-state index in [2.05, 4.69) is 10.3 Å². The number of ether oxygens (including phenoxy) is 1. The van der Waals surface area contributed by atoms with Crippen LogP contribution in [0.3, 0.4) is 0 Å². The van der Waals surface area contributed by atoms with Crippen LogP contribution < -0.4 is 10.1 Å². The van der Waals surface area contributed by atoms with Gasteiger partial charge in [0, 0.05) is 35.7 Å². The minimum atomic E-state index is -1.05. The number of aromatic nitrogens is 1. The number of hydrogen-bond acceptors (Lipinski definition) is 6. The molecule has 4 aromatic rings. The third kappa shape index (κ3) is 8.11. The molecule has 0 aliphatic carbocycles. The predicted molar refractivity (Wildman–Crippen MR) is 150 cm³/mol. The van der Waals surface area contributed by atoms with Crippen LogP contribution in [0.2, 0.25) is 0 Å². The molecule has 1 aromatic heterocycles. The molecule has 0 amide bonds. The number of benzene rings is 3. The third-order valence-electron chi connectivity index (χ3n) is 6.43. The molecule has 4 rings (SSSR count). The summed E-state index contributed by atoms with van der Waals surface area (Å²) >= 11 is 0. The van der Waals surface area contributed by atoms with Gasteiger partial charge >= 0.3 is 5.97 Å². The van der Waals surface area contributed by atoms with Crippen molar-refractivity contribution in [3.05, 3.63) is 119 Å². The molecule has 212 valence electrons. The number of halogens is 2. The number of oxazole rings is 1. The van der Waals surface area contributed by atoms with Crippen LogP contribution in [-0.4, -0.2) is 34.5 Å². The molecule has 3 aromatic carbocycles. The summed E-state index contributed by atoms with van der Waals surface area (Å²) in [6.07, 6.45) is 2.45. The van der Waals surface area contributed by atoms with Crippen LogP contribution in [0.5, 0.6) is 5.75 Å². The van der Waals surface area contributed by atoms with Crippen molar-refractivity contribution in [2.24, 2.45) is 0 Å². The van der Waals surface area contributed by atoms with Crippen LogP contribution >= 0.6 is 0 Å². The van der Waals surface area contributed by atoms with E-state index in [0.717, 1.165) is 11.3 Å². The van der Waals surface area contributed by atoms with Gasteiger partial charge in [-0.1, -0.05) is 19.1 Å². The van der Waals surface area contributed by atoms with Crippen molar-refractivity contribution in [3.63, 3.8) is 0 Å². The number of aryl methyl sites for hydroxylation is 1. The first-order chi connectivity index (χ1) is 19.7. The molecule has 2 N–H and O–H groups in total. The summed E-state index contributed by atoms with van der Waals surface area (Å²) in [6.45, 7) is 3.97. The number of nitrogens with zero attached hydrogens (tertiary/aromatic N) is 1. The number of carbonyl (C=O) groups excluding carboxylic acids is 1. The molecule has 7 nitrogen and oxygen atoms in total. The Bertz CT molecular complexity index is 1510. The smallest absolute Gasteiger partial charge is 0.326 e. The Morgan fingerprint density at radius 2 is 1.63 bits per heavy atom. The number of rotatable bonds is 13. The van der Waals surface area contributed by atoms with Crippen molar-refractivity contribution in [2.45, 2.75) is 39.2 Å². The molecule has 0 aliphatic rings. The van der Waals surface area contributed by atoms with Gasteiger partial charge in [-0.05, 0) is 79.6 Å². The monoisotopic (exact) mass is 560 g/mol. The number of carbonyl (C=O) groups is 2. The van der Waals surface area contributed by atoms with E-state index in [0.29, 0.717) is 53.7 Å². The van der Waals surface area contributed by atoms with Crippen molar-refractivity contribution >= 4 is 11.8 Å². The quantitative estimate of drug-likeness (QED) is 0.146. The molecule has 0 unspecified atom stereocenters. The number of allylic oxidation sites excluding steroid dienone is 2. The molecule has 1 atom stereocenters. The fourth-order valence-corrected chi connectivity index (χ4v) is 4.12. The number of nitrogens with one attached hydrogen (secondary N) is 1. The minimum absolute atomic E-state index is 0.183. The standard InChI is InChI=1S/C32H30F2N2O5/c1-3-26(19-30(37)22-6-10-24(33)11-7-22)35-29(32(38)39)18-21-4-14-27(15-5-21)40-17-16-28-20(2)41-31(36-28)23-8-12-25(34)13-9-23/h4-15,19,29,35H,3,16-18H2,1-2H3,(H,38,39)/t29-/m0/s1. The summed E-state index contributed by atoms with van der Waals surface area (Å²) in [7, 11) is 0. The molecule has 1 heterocycles. The second-order valence-electron chi connectivity index (χ2n) is 9.40. The number of ketones is 1. The molecule has 0 saturated heterocycles. The Morgan fingerprint density at radius 1 is 1.00 bits per heavy atom. The van der Waals surface area contributed by atoms with Gasteiger partial charge in [0.05, 0.1) is 12.3 Å². The van der Waals surface area contributed by atoms with Gasteiger partial charge in [-0.2, -0.15) is 0 Å². The first-order valence-corrected chi connectivity index (χ1v) is 13.2. The van der Waals surface area contributed by atoms with Gasteiger partial charge < -0.3 is 19.6 Å². The van der Waals surface area contributed by atoms with Gasteiger partial charge in [-0.25, -0.2) is 18.6 Å². The van der Waals surface area contributed by atoms with Gasteiger partial charge in [0.15, 0.2) is 5.78 Å². The lowest BCUT2D eigenvalue weighted by Gasteiger charge is -2.18. The SMILES string of the molecule is CCC(=CC(=O)c1ccc(F)cc1)N[C@@H](Cc1ccc(OCCc2nc(-c3ccc(F)cc3)oc2C)cc1)C(=O)O. The lowest BCUT2D eigenvalue weighted by molar-refractivity contribution is -0.139. The zero-order chi connectivity index (χ0) is 29.4. The Morgan fingerprint density at radius 3 is 2.24 bits per heavy atom. The minimum Gasteiger partial charge on any atom is -0.493 e. The number of carboxylic acids is 1. The lowest BCUT2D eigenvalue weighted by Crippen LogP contribution is -2.38. The Labute approximate surface area is 236 Å². The zero-order valence-electron chi connectivity index (χ0n) is 22.7. The highest BCUT2D eigenvalue weighted by molar-refractivity contribution is 6.04. The molecule has 0 bridgehead atoms.